The molecule has 0 aliphatic carbocycles. The van der Waals surface area contributed by atoms with Gasteiger partial charge in [0.05, 0.1) is 0 Å². The van der Waals surface area contributed by atoms with Gasteiger partial charge in [0.25, 0.3) is 11.1 Å². The SMILES string of the molecule is FC(F)=C(F)C(F)(F)F.FC(F)=C(F)Cl. The highest BCUT2D eigenvalue weighted by Gasteiger charge is 2.38. The van der Waals surface area contributed by atoms with Gasteiger partial charge < -0.3 is 0 Å². The van der Waals surface area contributed by atoms with Gasteiger partial charge in [0.15, 0.2) is 0 Å². The zero-order valence-corrected chi connectivity index (χ0v) is 7.04. The van der Waals surface area contributed by atoms with Crippen LogP contribution in [0.3, 0.4) is 0 Å². The second kappa shape index (κ2) is 6.59. The maximum absolute atomic E-state index is 11.0. The van der Waals surface area contributed by atoms with Crippen molar-refractivity contribution in [3.05, 3.63) is 23.3 Å². The molecule has 0 bridgehead atoms. The zero-order valence-electron chi connectivity index (χ0n) is 6.28. The number of rotatable bonds is 0. The Kier molecular flexibility index (Phi) is 7.28. The van der Waals surface area contributed by atoms with Gasteiger partial charge in [-0.05, 0) is 11.6 Å². The lowest BCUT2D eigenvalue weighted by atomic mass is 10.6. The standard InChI is InChI=1S/C3F6.C2ClF3/c4-1(2(5)6)3(7,8)9;3-1(4)2(5)6. The fourth-order valence-electron chi connectivity index (χ4n) is 0.107. The van der Waals surface area contributed by atoms with Crippen LogP contribution in [0.2, 0.25) is 0 Å². The Morgan fingerprint density at radius 3 is 1.00 bits per heavy atom. The van der Waals surface area contributed by atoms with Crippen LogP contribution >= 0.6 is 11.6 Å². The summed E-state index contributed by atoms with van der Waals surface area (Å²) in [7, 11) is 0. The Hall–Kier alpha value is -0.860. The average Bonchev–Trinajstić information content (AvgIpc) is 2.02. The van der Waals surface area contributed by atoms with Crippen molar-refractivity contribution in [1.82, 2.24) is 0 Å². The van der Waals surface area contributed by atoms with Crippen molar-refractivity contribution in [1.29, 1.82) is 0 Å². The monoisotopic (exact) mass is 266 g/mol. The summed E-state index contributed by atoms with van der Waals surface area (Å²) >= 11 is 4.08. The fraction of sp³-hybridized carbons (Fsp3) is 0.200. The van der Waals surface area contributed by atoms with Gasteiger partial charge >= 0.3 is 18.3 Å². The maximum Gasteiger partial charge on any atom is 0.448 e. The van der Waals surface area contributed by atoms with Gasteiger partial charge in [0.2, 0.25) is 0 Å². The van der Waals surface area contributed by atoms with Crippen LogP contribution in [0.1, 0.15) is 0 Å². The molecule has 0 unspecified atom stereocenters. The summed E-state index contributed by atoms with van der Waals surface area (Å²) in [5.74, 6) is -3.33. The molecule has 0 amide bonds. The largest absolute Gasteiger partial charge is 0.448 e. The minimum Gasteiger partial charge on any atom is -0.196 e. The van der Waals surface area contributed by atoms with Crippen LogP contribution in [0, 0.1) is 0 Å². The van der Waals surface area contributed by atoms with Crippen molar-refractivity contribution < 1.29 is 39.5 Å². The van der Waals surface area contributed by atoms with Crippen LogP contribution in [0.5, 0.6) is 0 Å². The zero-order chi connectivity index (χ0) is 12.8. The Bertz CT molecular complexity index is 240. The minimum atomic E-state index is -5.56. The molecule has 0 saturated carbocycles. The van der Waals surface area contributed by atoms with Gasteiger partial charge in [-0.3, -0.25) is 0 Å². The van der Waals surface area contributed by atoms with Gasteiger partial charge in [-0.2, -0.15) is 39.5 Å². The molecular weight excluding hydrogens is 266 g/mol. The molecule has 90 valence electrons. The van der Waals surface area contributed by atoms with E-state index in [1.165, 1.54) is 0 Å². The summed E-state index contributed by atoms with van der Waals surface area (Å²) < 4.78 is 96.6. The van der Waals surface area contributed by atoms with Crippen molar-refractivity contribution in [2.75, 3.05) is 0 Å². The van der Waals surface area contributed by atoms with E-state index in [0.717, 1.165) is 0 Å². The third-order valence-corrected chi connectivity index (χ3v) is 0.701. The molecule has 0 aliphatic rings. The molecular formula is C5ClF9. The quantitative estimate of drug-likeness (QED) is 0.548. The normalized spacial score (nSPS) is 10.0. The number of alkyl halides is 3. The molecule has 0 radical (unpaired) electrons. The van der Waals surface area contributed by atoms with Crippen molar-refractivity contribution in [3.63, 3.8) is 0 Å². The Balaban J connectivity index is 0. The highest BCUT2D eigenvalue weighted by atomic mass is 35.5. The van der Waals surface area contributed by atoms with E-state index in [9.17, 15) is 39.5 Å². The summed E-state index contributed by atoms with van der Waals surface area (Å²) in [4.78, 5) is 0. The fourth-order valence-corrected chi connectivity index (χ4v) is 0.107. The highest BCUT2D eigenvalue weighted by Crippen LogP contribution is 2.29. The van der Waals surface area contributed by atoms with Gasteiger partial charge in [0, 0.05) is 0 Å². The van der Waals surface area contributed by atoms with Crippen LogP contribution in [0.15, 0.2) is 23.3 Å². The van der Waals surface area contributed by atoms with Gasteiger partial charge in [-0.15, -0.1) is 0 Å². The second-order valence-corrected chi connectivity index (χ2v) is 1.92. The lowest BCUT2D eigenvalue weighted by Crippen LogP contribution is -2.08. The number of allylic oxidation sites excluding steroid dienone is 1. The molecule has 0 nitrogen and oxygen atoms in total. The molecule has 0 N–H and O–H groups in total. The van der Waals surface area contributed by atoms with Crippen LogP contribution in [0.25, 0.3) is 0 Å². The summed E-state index contributed by atoms with van der Waals surface area (Å²) in [5.41, 5.74) is 0. The first-order chi connectivity index (χ1) is 6.50. The first-order valence-electron chi connectivity index (χ1n) is 2.64. The van der Waals surface area contributed by atoms with E-state index in [-0.39, 0.29) is 0 Å². The van der Waals surface area contributed by atoms with E-state index in [2.05, 4.69) is 11.6 Å². The molecule has 0 aromatic rings. The number of hydrogen-bond acceptors (Lipinski definition) is 0. The molecule has 0 fully saturated rings. The molecule has 10 heteroatoms. The summed E-state index contributed by atoms with van der Waals surface area (Å²) in [6, 6.07) is 0. The maximum atomic E-state index is 11.0. The van der Waals surface area contributed by atoms with Crippen LogP contribution in [-0.4, -0.2) is 6.18 Å². The number of hydrogen-bond donors (Lipinski definition) is 0. The molecule has 0 aromatic heterocycles. The van der Waals surface area contributed by atoms with Crippen molar-refractivity contribution in [2.45, 2.75) is 6.18 Å². The van der Waals surface area contributed by atoms with E-state index in [4.69, 9.17) is 0 Å². The lowest BCUT2D eigenvalue weighted by Gasteiger charge is -1.98. The molecule has 0 aromatic carbocycles. The molecule has 0 rings (SSSR count). The molecule has 0 spiro atoms. The first kappa shape index (κ1) is 16.6. The lowest BCUT2D eigenvalue weighted by molar-refractivity contribution is -0.113. The van der Waals surface area contributed by atoms with Crippen LogP contribution < -0.4 is 0 Å². The summed E-state index contributed by atoms with van der Waals surface area (Å²) in [5, 5.41) is -1.94. The van der Waals surface area contributed by atoms with Gasteiger partial charge in [-0.25, -0.2) is 0 Å². The third-order valence-electron chi connectivity index (χ3n) is 0.558. The van der Waals surface area contributed by atoms with E-state index >= 15 is 0 Å². The molecule has 0 heterocycles. The van der Waals surface area contributed by atoms with Crippen molar-refractivity contribution in [2.24, 2.45) is 0 Å². The first-order valence-corrected chi connectivity index (χ1v) is 3.02. The van der Waals surface area contributed by atoms with Gasteiger partial charge in [-0.1, -0.05) is 0 Å². The average molecular weight is 266 g/mol. The number of halogens is 10. The topological polar surface area (TPSA) is 0 Å². The molecule has 0 atom stereocenters. The summed E-state index contributed by atoms with van der Waals surface area (Å²) in [6.07, 6.45) is -11.4. The predicted molar refractivity (Wildman–Crippen MR) is 32.6 cm³/mol. The highest BCUT2D eigenvalue weighted by molar-refractivity contribution is 6.28. The van der Waals surface area contributed by atoms with Gasteiger partial charge in [0.1, 0.15) is 0 Å². The van der Waals surface area contributed by atoms with E-state index < -0.39 is 29.5 Å². The van der Waals surface area contributed by atoms with Crippen LogP contribution in [0.4, 0.5) is 39.5 Å². The molecule has 0 aliphatic heterocycles. The molecule has 15 heavy (non-hydrogen) atoms. The molecule has 0 saturated heterocycles. The Morgan fingerprint density at radius 1 is 0.733 bits per heavy atom. The van der Waals surface area contributed by atoms with Crippen LogP contribution in [-0.2, 0) is 0 Å². The van der Waals surface area contributed by atoms with Crippen molar-refractivity contribution in [3.8, 4) is 0 Å². The Morgan fingerprint density at radius 2 is 1.00 bits per heavy atom. The summed E-state index contributed by atoms with van der Waals surface area (Å²) in [6.45, 7) is 0. The second-order valence-electron chi connectivity index (χ2n) is 1.59. The minimum absolute atomic E-state index is 1.94. The third kappa shape index (κ3) is 9.44. The van der Waals surface area contributed by atoms with E-state index in [0.29, 0.717) is 0 Å². The smallest absolute Gasteiger partial charge is 0.196 e. The van der Waals surface area contributed by atoms with E-state index in [1.807, 2.05) is 0 Å². The Labute approximate surface area is 81.6 Å². The van der Waals surface area contributed by atoms with Crippen molar-refractivity contribution >= 4 is 11.6 Å². The predicted octanol–water partition coefficient (Wildman–Crippen LogP) is 4.89. The van der Waals surface area contributed by atoms with E-state index in [1.54, 1.807) is 0 Å².